The van der Waals surface area contributed by atoms with E-state index in [1.165, 1.54) is 12.8 Å². The highest BCUT2D eigenvalue weighted by molar-refractivity contribution is 5.91. The zero-order chi connectivity index (χ0) is 27.7. The van der Waals surface area contributed by atoms with Gasteiger partial charge in [0.15, 0.2) is 0 Å². The molecule has 3 aromatic rings. The van der Waals surface area contributed by atoms with Crippen LogP contribution in [0.15, 0.2) is 47.3 Å². The first-order valence-electron chi connectivity index (χ1n) is 14.9. The molecule has 1 aromatic heterocycles. The first-order valence-corrected chi connectivity index (χ1v) is 14.9. The van der Waals surface area contributed by atoms with Crippen molar-refractivity contribution in [3.05, 3.63) is 59.2 Å². The number of anilines is 1. The fourth-order valence-electron chi connectivity index (χ4n) is 7.07. The van der Waals surface area contributed by atoms with Gasteiger partial charge in [-0.05, 0) is 86.9 Å². The molecule has 8 rings (SSSR count). The van der Waals surface area contributed by atoms with Crippen molar-refractivity contribution in [1.82, 2.24) is 19.8 Å². The number of carbonyl (C=O) groups excluding carboxylic acids is 1. The van der Waals surface area contributed by atoms with Crippen molar-refractivity contribution in [2.45, 2.75) is 62.9 Å². The number of carbonyl (C=O) groups is 1. The summed E-state index contributed by atoms with van der Waals surface area (Å²) in [6.45, 7) is 4.71. The number of piperidine rings is 1. The van der Waals surface area contributed by atoms with Crippen molar-refractivity contribution in [3.63, 3.8) is 0 Å². The lowest BCUT2D eigenvalue weighted by molar-refractivity contribution is 0.103. The van der Waals surface area contributed by atoms with E-state index in [1.54, 1.807) is 7.11 Å². The zero-order valence-electron chi connectivity index (χ0n) is 23.7. The van der Waals surface area contributed by atoms with Crippen LogP contribution in [0.5, 0.6) is 11.5 Å². The number of nitrogens with one attached hydrogen (secondary N) is 2. The molecule has 2 aliphatic carbocycles. The van der Waals surface area contributed by atoms with E-state index in [2.05, 4.69) is 51.5 Å². The van der Waals surface area contributed by atoms with Gasteiger partial charge in [0.2, 0.25) is 5.88 Å². The van der Waals surface area contributed by atoms with Crippen LogP contribution in [0.2, 0.25) is 0 Å². The maximum Gasteiger partial charge on any atom is 0.322 e. The van der Waals surface area contributed by atoms with Crippen LogP contribution < -0.4 is 14.8 Å². The molecule has 2 aromatic carbocycles. The molecule has 1 unspecified atom stereocenters. The van der Waals surface area contributed by atoms with E-state index < -0.39 is 0 Å². The van der Waals surface area contributed by atoms with Crippen molar-refractivity contribution in [2.75, 3.05) is 32.1 Å². The summed E-state index contributed by atoms with van der Waals surface area (Å²) in [5, 5.41) is 3.13. The van der Waals surface area contributed by atoms with Crippen LogP contribution in [0, 0.1) is 12.8 Å². The number of urea groups is 1. The Balaban J connectivity index is 0.940. The molecular formula is C32H36N6O3. The predicted molar refractivity (Wildman–Crippen MR) is 158 cm³/mol. The minimum Gasteiger partial charge on any atom is -0.497 e. The number of amides is 2. The van der Waals surface area contributed by atoms with Crippen molar-refractivity contribution in [2.24, 2.45) is 10.9 Å². The molecule has 0 radical (unpaired) electrons. The Bertz CT molecular complexity index is 1600. The number of hydrogen-bond acceptors (Lipinski definition) is 6. The van der Waals surface area contributed by atoms with E-state index in [1.807, 2.05) is 23.1 Å². The van der Waals surface area contributed by atoms with E-state index in [0.29, 0.717) is 17.7 Å². The van der Waals surface area contributed by atoms with Gasteiger partial charge in [-0.15, -0.1) is 0 Å². The normalized spacial score (nSPS) is 26.2. The summed E-state index contributed by atoms with van der Waals surface area (Å²) in [5.41, 5.74) is 5.16. The average molecular weight is 553 g/mol. The first-order chi connectivity index (χ1) is 20.0. The molecule has 0 spiro atoms. The van der Waals surface area contributed by atoms with Crippen LogP contribution in [0.4, 0.5) is 10.5 Å². The second-order valence-corrected chi connectivity index (χ2v) is 12.3. The Labute approximate surface area is 239 Å². The Morgan fingerprint density at radius 1 is 1.05 bits per heavy atom. The maximum atomic E-state index is 13.2. The topological polar surface area (TPSA) is 95.1 Å². The van der Waals surface area contributed by atoms with Gasteiger partial charge in [-0.25, -0.2) is 14.8 Å². The molecule has 3 aliphatic heterocycles. The van der Waals surface area contributed by atoms with Gasteiger partial charge in [-0.3, -0.25) is 4.90 Å². The number of aryl methyl sites for hydroxylation is 1. The van der Waals surface area contributed by atoms with Crippen LogP contribution >= 0.6 is 0 Å². The molecule has 9 nitrogen and oxygen atoms in total. The zero-order valence-corrected chi connectivity index (χ0v) is 23.7. The summed E-state index contributed by atoms with van der Waals surface area (Å²) in [7, 11) is 1.67. The van der Waals surface area contributed by atoms with Crippen LogP contribution in [-0.2, 0) is 6.42 Å². The molecule has 9 heteroatoms. The number of ether oxygens (including phenoxy) is 2. The molecule has 1 saturated heterocycles. The van der Waals surface area contributed by atoms with Crippen LogP contribution in [0.25, 0.3) is 11.0 Å². The number of aromatic amines is 1. The average Bonchev–Trinajstić information content (AvgIpc) is 3.90. The number of benzene rings is 2. The third kappa shape index (κ3) is 4.38. The van der Waals surface area contributed by atoms with E-state index >= 15 is 0 Å². The number of rotatable bonds is 6. The highest BCUT2D eigenvalue weighted by Crippen LogP contribution is 2.52. The smallest absolute Gasteiger partial charge is 0.322 e. The van der Waals surface area contributed by atoms with Crippen LogP contribution in [-0.4, -0.2) is 70.3 Å². The second-order valence-electron chi connectivity index (χ2n) is 12.3. The Morgan fingerprint density at radius 2 is 1.90 bits per heavy atom. The standard InChI is InChI=1S/C32H36N6O3/c1-19-13-25(15-27-29(19)36-30(34-27)20-3-4-20)41-28-17-32(16-22(32)18-33-28)37-10-8-23(9-11-37)38-12-7-21-14-24(40-2)5-6-26(21)35-31(38)39/h5-6,13-15,17-18,20,22-23H,3-4,7-12,16H2,1-2H3,(H,34,36)(H,35,39)/t22-,32?/m1/s1. The number of imidazole rings is 1. The number of fused-ring (bicyclic) bond motifs is 3. The molecule has 41 heavy (non-hydrogen) atoms. The van der Waals surface area contributed by atoms with E-state index in [9.17, 15) is 4.79 Å². The van der Waals surface area contributed by atoms with Gasteiger partial charge in [-0.1, -0.05) is 0 Å². The van der Waals surface area contributed by atoms with Crippen LogP contribution in [0.3, 0.4) is 0 Å². The summed E-state index contributed by atoms with van der Waals surface area (Å²) in [4.78, 5) is 30.8. The van der Waals surface area contributed by atoms with Gasteiger partial charge in [0.05, 0.1) is 23.7 Å². The van der Waals surface area contributed by atoms with E-state index in [0.717, 1.165) is 90.5 Å². The van der Waals surface area contributed by atoms with Crippen molar-refractivity contribution in [3.8, 4) is 11.5 Å². The lowest BCUT2D eigenvalue weighted by Crippen LogP contribution is -2.52. The Morgan fingerprint density at radius 3 is 2.71 bits per heavy atom. The summed E-state index contributed by atoms with van der Waals surface area (Å²) in [6, 6.07) is 10.2. The minimum absolute atomic E-state index is 0.00370. The van der Waals surface area contributed by atoms with Gasteiger partial charge in [0.25, 0.3) is 0 Å². The molecule has 3 fully saturated rings. The fourth-order valence-corrected chi connectivity index (χ4v) is 7.07. The van der Waals surface area contributed by atoms with Gasteiger partial charge in [-0.2, -0.15) is 0 Å². The third-order valence-corrected chi connectivity index (χ3v) is 9.67. The first kappa shape index (κ1) is 24.9. The second kappa shape index (κ2) is 9.34. The maximum absolute atomic E-state index is 13.2. The largest absolute Gasteiger partial charge is 0.497 e. The fraction of sp³-hybridized carbons (Fsp3) is 0.469. The summed E-state index contributed by atoms with van der Waals surface area (Å²) >= 11 is 0. The van der Waals surface area contributed by atoms with E-state index in [-0.39, 0.29) is 17.6 Å². The van der Waals surface area contributed by atoms with Gasteiger partial charge in [0.1, 0.15) is 17.3 Å². The van der Waals surface area contributed by atoms with E-state index in [4.69, 9.17) is 14.5 Å². The lowest BCUT2D eigenvalue weighted by atomic mass is 9.99. The molecule has 2 N–H and O–H groups in total. The number of aromatic nitrogens is 2. The summed E-state index contributed by atoms with van der Waals surface area (Å²) in [6.07, 6.45) is 10.6. The molecule has 0 bridgehead atoms. The SMILES string of the molecule is COc1ccc2c(c1)CCN(C1CCN(C34C=C(Oc5cc(C)c6nc(C7CC7)[nH]c6c5)N=C[C@H]3C4)CC1)C(=O)N2. The lowest BCUT2D eigenvalue weighted by Gasteiger charge is -2.41. The molecule has 5 aliphatic rings. The molecule has 4 heterocycles. The molecular weight excluding hydrogens is 516 g/mol. The molecule has 2 saturated carbocycles. The number of H-pyrrole nitrogens is 1. The number of likely N-dealkylation sites (tertiary alicyclic amines) is 1. The number of nitrogens with zero attached hydrogens (tertiary/aromatic N) is 4. The molecule has 212 valence electrons. The monoisotopic (exact) mass is 552 g/mol. The number of methoxy groups -OCH3 is 1. The van der Waals surface area contributed by atoms with Crippen molar-refractivity contribution < 1.29 is 14.3 Å². The molecule has 2 atom stereocenters. The van der Waals surface area contributed by atoms with Crippen molar-refractivity contribution >= 4 is 29.0 Å². The summed E-state index contributed by atoms with van der Waals surface area (Å²) in [5.74, 6) is 4.40. The third-order valence-electron chi connectivity index (χ3n) is 9.67. The Hall–Kier alpha value is -3.85. The molecule has 2 amide bonds. The number of hydrogen-bond donors (Lipinski definition) is 2. The minimum atomic E-state index is -0.0256. The Kier molecular flexibility index (Phi) is 5.67. The van der Waals surface area contributed by atoms with Gasteiger partial charge >= 0.3 is 6.03 Å². The number of aliphatic imine (C=N–C) groups is 1. The highest BCUT2D eigenvalue weighted by Gasteiger charge is 2.58. The predicted octanol–water partition coefficient (Wildman–Crippen LogP) is 5.38. The van der Waals surface area contributed by atoms with Gasteiger partial charge < -0.3 is 24.7 Å². The van der Waals surface area contributed by atoms with Gasteiger partial charge in [0, 0.05) is 55.5 Å². The van der Waals surface area contributed by atoms with Crippen LogP contribution in [0.1, 0.15) is 55.0 Å². The van der Waals surface area contributed by atoms with Crippen molar-refractivity contribution in [1.29, 1.82) is 0 Å². The highest BCUT2D eigenvalue weighted by atomic mass is 16.5. The quantitative estimate of drug-likeness (QED) is 0.429. The summed E-state index contributed by atoms with van der Waals surface area (Å²) < 4.78 is 11.7.